The molecule has 1 rings (SSSR count). The van der Waals surface area contributed by atoms with Crippen LogP contribution < -0.4 is 4.90 Å². The summed E-state index contributed by atoms with van der Waals surface area (Å²) in [5.41, 5.74) is 2.19. The van der Waals surface area contributed by atoms with Crippen LogP contribution in [0.15, 0.2) is 36.4 Å². The van der Waals surface area contributed by atoms with Gasteiger partial charge in [0.15, 0.2) is 0 Å². The fraction of sp³-hybridized carbons (Fsp3) is 0.667. The second kappa shape index (κ2) is 20.4. The molecule has 0 saturated heterocycles. The predicted octanol–water partition coefficient (Wildman–Crippen LogP) is 8.26. The van der Waals surface area contributed by atoms with Crippen LogP contribution in [0.5, 0.6) is 0 Å². The number of carbonyl (C=O) groups is 1. The van der Waals surface area contributed by atoms with Crippen molar-refractivity contribution in [2.24, 2.45) is 0 Å². The van der Waals surface area contributed by atoms with Crippen molar-refractivity contribution in [3.63, 3.8) is 0 Å². The molecular formula is C27H46ClNO2. The molecule has 31 heavy (non-hydrogen) atoms. The van der Waals surface area contributed by atoms with Gasteiger partial charge >= 0.3 is 5.97 Å². The molecule has 0 fully saturated rings. The van der Waals surface area contributed by atoms with Crippen molar-refractivity contribution < 1.29 is 9.53 Å². The Morgan fingerprint density at radius 2 is 1.32 bits per heavy atom. The molecule has 0 aliphatic heterocycles. The summed E-state index contributed by atoms with van der Waals surface area (Å²) in [5.74, 6) is -0.0793. The van der Waals surface area contributed by atoms with Crippen LogP contribution >= 0.6 is 12.4 Å². The van der Waals surface area contributed by atoms with E-state index in [1.807, 2.05) is 38.4 Å². The molecule has 0 radical (unpaired) electrons. The van der Waals surface area contributed by atoms with E-state index in [1.54, 1.807) is 0 Å². The number of ether oxygens (including phenoxy) is 1. The van der Waals surface area contributed by atoms with Gasteiger partial charge in [-0.05, 0) is 49.8 Å². The zero-order valence-electron chi connectivity index (χ0n) is 20.2. The van der Waals surface area contributed by atoms with Gasteiger partial charge in [-0.1, -0.05) is 82.6 Å². The molecule has 0 unspecified atom stereocenters. The molecule has 0 heterocycles. The van der Waals surface area contributed by atoms with Crippen LogP contribution in [0.4, 0.5) is 5.69 Å². The summed E-state index contributed by atoms with van der Waals surface area (Å²) in [4.78, 5) is 13.9. The van der Waals surface area contributed by atoms with E-state index in [0.717, 1.165) is 24.1 Å². The fourth-order valence-corrected chi connectivity index (χ4v) is 3.47. The third-order valence-corrected chi connectivity index (χ3v) is 5.50. The first-order valence-corrected chi connectivity index (χ1v) is 12.2. The van der Waals surface area contributed by atoms with Gasteiger partial charge in [0.1, 0.15) is 6.61 Å². The van der Waals surface area contributed by atoms with Crippen LogP contribution in [0.2, 0.25) is 0 Å². The van der Waals surface area contributed by atoms with E-state index in [0.29, 0.717) is 13.0 Å². The lowest BCUT2D eigenvalue weighted by molar-refractivity contribution is -0.145. The van der Waals surface area contributed by atoms with Gasteiger partial charge in [-0.25, -0.2) is 0 Å². The Balaban J connectivity index is 0.00000900. The molecule has 178 valence electrons. The normalized spacial score (nSPS) is 10.8. The highest BCUT2D eigenvalue weighted by molar-refractivity contribution is 5.85. The molecule has 1 aromatic rings. The maximum Gasteiger partial charge on any atom is 0.306 e. The van der Waals surface area contributed by atoms with Gasteiger partial charge in [-0.2, -0.15) is 0 Å². The molecule has 0 N–H and O–H groups in total. The van der Waals surface area contributed by atoms with E-state index in [2.05, 4.69) is 24.0 Å². The largest absolute Gasteiger partial charge is 0.461 e. The molecule has 3 nitrogen and oxygen atoms in total. The smallest absolute Gasteiger partial charge is 0.306 e. The molecule has 0 spiro atoms. The molecule has 4 heteroatoms. The summed E-state index contributed by atoms with van der Waals surface area (Å²) in [6.45, 7) is 2.64. The van der Waals surface area contributed by atoms with Gasteiger partial charge in [0.05, 0.1) is 0 Å². The number of hydrogen-bond donors (Lipinski definition) is 0. The second-order valence-electron chi connectivity index (χ2n) is 8.56. The first-order valence-electron chi connectivity index (χ1n) is 12.2. The van der Waals surface area contributed by atoms with E-state index in [9.17, 15) is 4.79 Å². The summed E-state index contributed by atoms with van der Waals surface area (Å²) in [6.07, 6.45) is 21.7. The van der Waals surface area contributed by atoms with E-state index >= 15 is 0 Å². The van der Waals surface area contributed by atoms with Gasteiger partial charge in [0, 0.05) is 26.2 Å². The number of unbranched alkanes of at least 4 members (excludes halogenated alkanes) is 11. The number of anilines is 1. The molecular weight excluding hydrogens is 406 g/mol. The minimum atomic E-state index is -0.0793. The van der Waals surface area contributed by atoms with Crippen LogP contribution in [0, 0.1) is 0 Å². The van der Waals surface area contributed by atoms with E-state index in [1.165, 1.54) is 70.6 Å². The average Bonchev–Trinajstić information content (AvgIpc) is 2.75. The second-order valence-corrected chi connectivity index (χ2v) is 8.56. The van der Waals surface area contributed by atoms with Crippen molar-refractivity contribution >= 4 is 24.1 Å². The zero-order valence-corrected chi connectivity index (χ0v) is 21.1. The summed E-state index contributed by atoms with van der Waals surface area (Å²) in [6, 6.07) is 8.13. The number of nitrogens with zero attached hydrogens (tertiary/aromatic N) is 1. The highest BCUT2D eigenvalue weighted by atomic mass is 35.5. The minimum absolute atomic E-state index is 0. The monoisotopic (exact) mass is 451 g/mol. The number of halogens is 1. The number of allylic oxidation sites excluding steroid dienone is 2. The first-order chi connectivity index (χ1) is 14.6. The van der Waals surface area contributed by atoms with Crippen molar-refractivity contribution in [1.29, 1.82) is 0 Å². The van der Waals surface area contributed by atoms with Crippen molar-refractivity contribution in [3.8, 4) is 0 Å². The summed E-state index contributed by atoms with van der Waals surface area (Å²) in [7, 11) is 4.03. The number of carbonyl (C=O) groups excluding carboxylic acids is 1. The Morgan fingerprint density at radius 1 is 0.806 bits per heavy atom. The Bertz CT molecular complexity index is 569. The van der Waals surface area contributed by atoms with Gasteiger partial charge in [0.2, 0.25) is 0 Å². The molecule has 0 amide bonds. The Hall–Kier alpha value is -1.48. The molecule has 0 aliphatic rings. The topological polar surface area (TPSA) is 29.5 Å². The number of rotatable bonds is 18. The SMILES string of the molecule is CCCCCCCC/C=C\CCCCCCCC(=O)OCc1ccc(N(C)C)cc1.Cl. The standard InChI is InChI=1S/C27H45NO2.ClH/c1-4-5-6-7-8-9-10-11-12-13-14-15-16-17-18-19-27(29)30-24-25-20-22-26(23-21-25)28(2)3;/h11-12,20-23H,4-10,13-19,24H2,1-3H3;1H/b12-11-;. The van der Waals surface area contributed by atoms with E-state index in [-0.39, 0.29) is 18.4 Å². The fourth-order valence-electron chi connectivity index (χ4n) is 3.47. The van der Waals surface area contributed by atoms with Crippen molar-refractivity contribution in [3.05, 3.63) is 42.0 Å². The van der Waals surface area contributed by atoms with Crippen LogP contribution in [-0.2, 0) is 16.1 Å². The summed E-state index contributed by atoms with van der Waals surface area (Å²) in [5, 5.41) is 0. The van der Waals surface area contributed by atoms with Crippen LogP contribution in [0.25, 0.3) is 0 Å². The van der Waals surface area contributed by atoms with Gasteiger partial charge in [-0.3, -0.25) is 4.79 Å². The average molecular weight is 452 g/mol. The minimum Gasteiger partial charge on any atom is -0.461 e. The van der Waals surface area contributed by atoms with Gasteiger partial charge in [0.25, 0.3) is 0 Å². The first kappa shape index (κ1) is 29.5. The van der Waals surface area contributed by atoms with E-state index < -0.39 is 0 Å². The Morgan fingerprint density at radius 3 is 1.87 bits per heavy atom. The van der Waals surface area contributed by atoms with Crippen molar-refractivity contribution in [1.82, 2.24) is 0 Å². The van der Waals surface area contributed by atoms with E-state index in [4.69, 9.17) is 4.74 Å². The van der Waals surface area contributed by atoms with Crippen molar-refractivity contribution in [2.75, 3.05) is 19.0 Å². The Labute approximate surface area is 198 Å². The number of esters is 1. The maximum absolute atomic E-state index is 11.9. The lowest BCUT2D eigenvalue weighted by atomic mass is 10.1. The van der Waals surface area contributed by atoms with Crippen LogP contribution in [-0.4, -0.2) is 20.1 Å². The lowest BCUT2D eigenvalue weighted by Gasteiger charge is -2.12. The summed E-state index contributed by atoms with van der Waals surface area (Å²) >= 11 is 0. The highest BCUT2D eigenvalue weighted by Gasteiger charge is 2.04. The quantitative estimate of drug-likeness (QED) is 0.128. The molecule has 0 atom stereocenters. The zero-order chi connectivity index (χ0) is 21.9. The molecule has 0 saturated carbocycles. The predicted molar refractivity (Wildman–Crippen MR) is 137 cm³/mol. The third kappa shape index (κ3) is 16.8. The highest BCUT2D eigenvalue weighted by Crippen LogP contribution is 2.14. The van der Waals surface area contributed by atoms with Crippen LogP contribution in [0.1, 0.15) is 102 Å². The lowest BCUT2D eigenvalue weighted by Crippen LogP contribution is -2.08. The Kier molecular flexibility index (Phi) is 19.4. The van der Waals surface area contributed by atoms with Crippen molar-refractivity contribution in [2.45, 2.75) is 103 Å². The maximum atomic E-state index is 11.9. The van der Waals surface area contributed by atoms with Gasteiger partial charge in [-0.15, -0.1) is 12.4 Å². The third-order valence-electron chi connectivity index (χ3n) is 5.50. The van der Waals surface area contributed by atoms with Crippen LogP contribution in [0.3, 0.4) is 0 Å². The molecule has 1 aromatic carbocycles. The number of benzene rings is 1. The molecule has 0 aliphatic carbocycles. The van der Waals surface area contributed by atoms with Gasteiger partial charge < -0.3 is 9.64 Å². The molecule has 0 bridgehead atoms. The molecule has 0 aromatic heterocycles. The summed E-state index contributed by atoms with van der Waals surface area (Å²) < 4.78 is 5.39. The number of hydrogen-bond acceptors (Lipinski definition) is 3.